The maximum atomic E-state index is 12.6. The van der Waals surface area contributed by atoms with Crippen molar-refractivity contribution in [2.75, 3.05) is 25.7 Å². The van der Waals surface area contributed by atoms with Crippen LogP contribution in [0.2, 0.25) is 0 Å². The highest BCUT2D eigenvalue weighted by atomic mass is 32.2. The Morgan fingerprint density at radius 1 is 1.30 bits per heavy atom. The van der Waals surface area contributed by atoms with Gasteiger partial charge in [0.15, 0.2) is 0 Å². The van der Waals surface area contributed by atoms with Gasteiger partial charge in [0, 0.05) is 25.1 Å². The third-order valence-corrected chi connectivity index (χ3v) is 5.31. The smallest absolute Gasteiger partial charge is 0.384 e. The predicted octanol–water partition coefficient (Wildman–Crippen LogP) is 2.83. The largest absolute Gasteiger partial charge is 0.471 e. The molecule has 0 fully saturated rings. The maximum Gasteiger partial charge on any atom is 0.471 e. The van der Waals surface area contributed by atoms with Crippen molar-refractivity contribution in [1.29, 1.82) is 0 Å². The molecule has 3 aromatic rings. The number of hydrogen-bond acceptors (Lipinski definition) is 7. The van der Waals surface area contributed by atoms with E-state index in [1.807, 2.05) is 0 Å². The van der Waals surface area contributed by atoms with Gasteiger partial charge in [0.1, 0.15) is 0 Å². The van der Waals surface area contributed by atoms with Gasteiger partial charge in [-0.3, -0.25) is 4.79 Å². The van der Waals surface area contributed by atoms with Gasteiger partial charge in [-0.05, 0) is 24.3 Å². The van der Waals surface area contributed by atoms with E-state index in [0.717, 1.165) is 0 Å². The van der Waals surface area contributed by atoms with Crippen LogP contribution in [0.3, 0.4) is 0 Å². The molecule has 0 saturated carbocycles. The van der Waals surface area contributed by atoms with E-state index in [0.29, 0.717) is 11.3 Å². The fraction of sp³-hybridized carbons (Fsp3) is 0.294. The molecule has 13 heteroatoms. The summed E-state index contributed by atoms with van der Waals surface area (Å²) in [6, 6.07) is 6.08. The quantitative estimate of drug-likeness (QED) is 0.576. The highest BCUT2D eigenvalue weighted by molar-refractivity contribution is 7.93. The van der Waals surface area contributed by atoms with Crippen molar-refractivity contribution in [1.82, 2.24) is 19.9 Å². The predicted molar refractivity (Wildman–Crippen MR) is 99.4 cm³/mol. The molecule has 160 valence electrons. The molecule has 1 amide bonds. The first kappa shape index (κ1) is 21.6. The minimum absolute atomic E-state index is 0.122. The summed E-state index contributed by atoms with van der Waals surface area (Å²) in [5, 5.41) is 7.37. The van der Waals surface area contributed by atoms with Crippen LogP contribution < -0.4 is 0 Å². The number of ether oxygens (including phenoxy) is 1. The molecule has 0 radical (unpaired) electrons. The monoisotopic (exact) mass is 443 g/mol. The van der Waals surface area contributed by atoms with Crippen LogP contribution in [0.1, 0.15) is 16.2 Å². The lowest BCUT2D eigenvalue weighted by Crippen LogP contribution is -2.11. The number of benzene rings is 1. The molecule has 2 aromatic heterocycles. The van der Waals surface area contributed by atoms with E-state index in [9.17, 15) is 22.2 Å². The van der Waals surface area contributed by atoms with Crippen LogP contribution >= 0.6 is 0 Å². The van der Waals surface area contributed by atoms with Gasteiger partial charge in [0.05, 0.1) is 39.5 Å². The average Bonchev–Trinajstić information content (AvgIpc) is 3.36. The first-order chi connectivity index (χ1) is 14.1. The second-order valence-electron chi connectivity index (χ2n) is 6.19. The van der Waals surface area contributed by atoms with Gasteiger partial charge >= 0.3 is 12.1 Å². The second-order valence-corrected chi connectivity index (χ2v) is 8.70. The maximum absolute atomic E-state index is 12.6. The Kier molecular flexibility index (Phi) is 6.03. The van der Waals surface area contributed by atoms with E-state index in [2.05, 4.69) is 24.1 Å². The highest BCUT2D eigenvalue weighted by Crippen LogP contribution is 2.29. The van der Waals surface area contributed by atoms with Crippen LogP contribution in [-0.4, -0.2) is 55.8 Å². The van der Waals surface area contributed by atoms with Crippen LogP contribution in [-0.2, 0) is 20.6 Å². The lowest BCUT2D eigenvalue weighted by Gasteiger charge is -2.02. The summed E-state index contributed by atoms with van der Waals surface area (Å²) < 4.78 is 64.1. The number of nitrogens with zero attached hydrogens (tertiary/aromatic N) is 5. The average molecular weight is 443 g/mol. The molecule has 0 aliphatic heterocycles. The van der Waals surface area contributed by atoms with Crippen LogP contribution in [0.15, 0.2) is 45.5 Å². The molecule has 0 bridgehead atoms. The number of alkyl halides is 3. The van der Waals surface area contributed by atoms with E-state index >= 15 is 0 Å². The molecular formula is C17H16F3N5O4S. The van der Waals surface area contributed by atoms with Crippen LogP contribution in [0.4, 0.5) is 13.2 Å². The highest BCUT2D eigenvalue weighted by Gasteiger charge is 2.38. The first-order valence-electron chi connectivity index (χ1n) is 8.38. The molecule has 1 atom stereocenters. The van der Waals surface area contributed by atoms with Gasteiger partial charge in [-0.1, -0.05) is 5.16 Å². The van der Waals surface area contributed by atoms with Crippen molar-refractivity contribution in [2.45, 2.75) is 6.18 Å². The fourth-order valence-corrected chi connectivity index (χ4v) is 3.33. The Hall–Kier alpha value is -3.06. The third kappa shape index (κ3) is 5.10. The molecule has 0 N–H and O–H groups in total. The van der Waals surface area contributed by atoms with Crippen molar-refractivity contribution in [3.63, 3.8) is 0 Å². The van der Waals surface area contributed by atoms with Gasteiger partial charge in [-0.25, -0.2) is 8.89 Å². The Morgan fingerprint density at radius 2 is 2.00 bits per heavy atom. The zero-order valence-electron chi connectivity index (χ0n) is 15.8. The van der Waals surface area contributed by atoms with Crippen LogP contribution in [0.25, 0.3) is 17.1 Å². The Bertz CT molecular complexity index is 1160. The molecule has 0 aliphatic carbocycles. The summed E-state index contributed by atoms with van der Waals surface area (Å²) in [4.78, 5) is 15.6. The molecule has 30 heavy (non-hydrogen) atoms. The molecule has 0 aliphatic rings. The SMILES string of the molecule is COCCS(C)(=O)=NC(=O)c1cnn(-c2ccc(-c3noc(C(F)(F)F)n3)cc2)c1. The van der Waals surface area contributed by atoms with E-state index in [1.54, 1.807) is 12.1 Å². The van der Waals surface area contributed by atoms with Gasteiger partial charge < -0.3 is 9.26 Å². The lowest BCUT2D eigenvalue weighted by molar-refractivity contribution is -0.159. The second kappa shape index (κ2) is 8.36. The molecule has 3 rings (SSSR count). The topological polar surface area (TPSA) is 112 Å². The number of methoxy groups -OCH3 is 1. The number of hydrogen-bond donors (Lipinski definition) is 0. The van der Waals surface area contributed by atoms with E-state index in [4.69, 9.17) is 4.74 Å². The lowest BCUT2D eigenvalue weighted by atomic mass is 10.2. The van der Waals surface area contributed by atoms with E-state index in [1.165, 1.54) is 42.6 Å². The molecule has 0 saturated heterocycles. The molecule has 1 unspecified atom stereocenters. The minimum atomic E-state index is -4.72. The van der Waals surface area contributed by atoms with Crippen molar-refractivity contribution in [2.24, 2.45) is 4.36 Å². The normalized spacial score (nSPS) is 13.8. The van der Waals surface area contributed by atoms with Crippen molar-refractivity contribution < 1.29 is 31.4 Å². The van der Waals surface area contributed by atoms with Crippen LogP contribution in [0, 0.1) is 0 Å². The van der Waals surface area contributed by atoms with Crippen molar-refractivity contribution in [3.05, 3.63) is 48.1 Å². The Morgan fingerprint density at radius 3 is 2.60 bits per heavy atom. The number of halogens is 3. The summed E-state index contributed by atoms with van der Waals surface area (Å²) in [6.07, 6.45) is -0.669. The number of rotatable bonds is 6. The van der Waals surface area contributed by atoms with E-state index in [-0.39, 0.29) is 23.7 Å². The Balaban J connectivity index is 1.78. The minimum Gasteiger partial charge on any atom is -0.384 e. The summed E-state index contributed by atoms with van der Waals surface area (Å²) >= 11 is 0. The number of carbonyl (C=O) groups is 1. The Labute approximate surface area is 169 Å². The van der Waals surface area contributed by atoms with Crippen molar-refractivity contribution in [3.8, 4) is 17.1 Å². The van der Waals surface area contributed by atoms with E-state index < -0.39 is 27.7 Å². The van der Waals surface area contributed by atoms with Gasteiger partial charge in [0.25, 0.3) is 5.91 Å². The summed E-state index contributed by atoms with van der Waals surface area (Å²) in [5.41, 5.74) is 0.966. The number of amides is 1. The number of aromatic nitrogens is 4. The first-order valence-corrected chi connectivity index (χ1v) is 10.5. The zero-order valence-corrected chi connectivity index (χ0v) is 16.6. The molecular weight excluding hydrogens is 427 g/mol. The van der Waals surface area contributed by atoms with Crippen molar-refractivity contribution >= 4 is 15.6 Å². The summed E-state index contributed by atoms with van der Waals surface area (Å²) in [6.45, 7) is 0.211. The summed E-state index contributed by atoms with van der Waals surface area (Å²) in [5.74, 6) is -2.19. The van der Waals surface area contributed by atoms with Gasteiger partial charge in [-0.2, -0.15) is 27.6 Å². The fourth-order valence-electron chi connectivity index (χ4n) is 2.31. The van der Waals surface area contributed by atoms with Crippen LogP contribution in [0.5, 0.6) is 0 Å². The molecule has 1 aromatic carbocycles. The molecule has 0 spiro atoms. The number of carbonyl (C=O) groups excluding carboxylic acids is 1. The van der Waals surface area contributed by atoms with Gasteiger partial charge in [-0.15, -0.1) is 0 Å². The third-order valence-electron chi connectivity index (χ3n) is 3.83. The summed E-state index contributed by atoms with van der Waals surface area (Å²) in [7, 11) is -1.27. The molecule has 2 heterocycles. The standard InChI is InChI=1S/C17H16F3N5O4S/c1-28-7-8-30(2,27)24-15(26)12-9-21-25(10-12)13-5-3-11(4-6-13)14-22-16(29-23-14)17(18,19)20/h3-6,9-10H,7-8H2,1-2H3. The van der Waals surface area contributed by atoms with Gasteiger partial charge in [0.2, 0.25) is 5.82 Å². The molecule has 9 nitrogen and oxygen atoms in total. The zero-order chi connectivity index (χ0) is 21.9.